The Hall–Kier alpha value is -5.18. The van der Waals surface area contributed by atoms with Crippen molar-refractivity contribution >= 4 is 66.4 Å². The van der Waals surface area contributed by atoms with Crippen molar-refractivity contribution in [3.8, 4) is 11.5 Å². The number of nitrogens with one attached hydrogen (secondary N) is 2. The van der Waals surface area contributed by atoms with Gasteiger partial charge in [0.05, 0.1) is 72.7 Å². The molecule has 4 aliphatic heterocycles. The summed E-state index contributed by atoms with van der Waals surface area (Å²) in [6, 6.07) is 23.1. The number of amides is 2. The van der Waals surface area contributed by atoms with Gasteiger partial charge in [0.25, 0.3) is 11.8 Å². The summed E-state index contributed by atoms with van der Waals surface area (Å²) in [6.45, 7) is 16.1. The van der Waals surface area contributed by atoms with Crippen molar-refractivity contribution in [2.75, 3.05) is 76.6 Å². The van der Waals surface area contributed by atoms with E-state index in [1.165, 1.54) is 22.3 Å². The van der Waals surface area contributed by atoms with E-state index in [-0.39, 0.29) is 47.1 Å². The van der Waals surface area contributed by atoms with Crippen molar-refractivity contribution < 1.29 is 54.8 Å². The lowest BCUT2D eigenvalue weighted by Crippen LogP contribution is -2.50. The number of carbonyl (C=O) groups is 2. The van der Waals surface area contributed by atoms with Gasteiger partial charge in [0.15, 0.2) is 0 Å². The highest BCUT2D eigenvalue weighted by molar-refractivity contribution is 7.91. The molecule has 4 bridgehead atoms. The minimum Gasteiger partial charge on any atom is -0.490 e. The van der Waals surface area contributed by atoms with Gasteiger partial charge in [-0.3, -0.25) is 9.59 Å². The standard InChI is InChI=1S/2C36H47ClN2O6S/c2*1-23-7-5-9-33(44-20-24(2)43-4)30-13-10-28(30)19-39-21-36(16-6-8-26-17-29(37)12-14-31(26)36)22-45-34-15-11-27(18-32(34)39)35(40)38-46(41,42)25(23)3/h2*5,9,11-12,14-15,17-18,23-25,28,30,33H,6-8,10,13,16,19-22H2,1-4H3,(H,38,40)/b2*9-5+/t23-,24+,25+,28-,30+,33-,36-;23-,24-,25+,28-,30+,33-,36-/m00/s1. The first-order valence-electron chi connectivity index (χ1n) is 33.3. The molecule has 0 aromatic heterocycles. The van der Waals surface area contributed by atoms with E-state index >= 15 is 0 Å². The third-order valence-electron chi connectivity index (χ3n) is 21.9. The number of anilines is 2. The summed E-state index contributed by atoms with van der Waals surface area (Å²) >= 11 is 12.9. The third-order valence-corrected chi connectivity index (χ3v) is 26.2. The zero-order valence-electron chi connectivity index (χ0n) is 54.7. The van der Waals surface area contributed by atoms with Gasteiger partial charge in [0, 0.05) is 72.4 Å². The highest BCUT2D eigenvalue weighted by Gasteiger charge is 2.47. The second-order valence-corrected chi connectivity index (χ2v) is 32.9. The molecule has 16 nitrogen and oxygen atoms in total. The molecule has 4 aromatic rings. The Kier molecular flexibility index (Phi) is 21.2. The van der Waals surface area contributed by atoms with Crippen molar-refractivity contribution in [2.45, 2.75) is 164 Å². The molecular formula is C72H94Cl2N4O12S2. The predicted octanol–water partition coefficient (Wildman–Crippen LogP) is 12.6. The van der Waals surface area contributed by atoms with Gasteiger partial charge >= 0.3 is 0 Å². The average molecular weight is 1340 g/mol. The Morgan fingerprint density at radius 1 is 0.587 bits per heavy atom. The smallest absolute Gasteiger partial charge is 0.264 e. The van der Waals surface area contributed by atoms with Crippen LogP contribution in [0.1, 0.15) is 149 Å². The fourth-order valence-electron chi connectivity index (χ4n) is 15.3. The highest BCUT2D eigenvalue weighted by atomic mass is 35.5. The SMILES string of the molecule is CO[C@@H](C)CO[C@H]1/C=C/C[C@H](C)[C@@H](C)S(=O)(=O)NC(=O)c2ccc3c(c2)N(C[C@@H]2CC[C@H]21)C[C@@]1(CCCc2cc(Cl)ccc21)CO3.CO[C@H](C)CO[C@H]1/C=C/C[C@H](C)[C@@H](C)S(=O)(=O)NC(=O)c2ccc3c(c2)N(C[C@@H]2CC[C@H]21)C[C@@]1(CCCc2cc(Cl)ccc21)CO3. The number of allylic oxidation sites excluding steroid dienone is 2. The summed E-state index contributed by atoms with van der Waals surface area (Å²) in [6.07, 6.45) is 19.4. The van der Waals surface area contributed by atoms with Crippen molar-refractivity contribution in [3.05, 3.63) is 141 Å². The van der Waals surface area contributed by atoms with Crippen LogP contribution in [0.4, 0.5) is 11.4 Å². The van der Waals surface area contributed by atoms with Crippen LogP contribution in [0.3, 0.4) is 0 Å². The van der Waals surface area contributed by atoms with Gasteiger partial charge in [-0.15, -0.1) is 0 Å². The molecular weight excluding hydrogens is 1250 g/mol. The van der Waals surface area contributed by atoms with Crippen molar-refractivity contribution in [2.24, 2.45) is 35.5 Å². The maximum atomic E-state index is 13.5. The molecule has 4 heterocycles. The van der Waals surface area contributed by atoms with E-state index in [9.17, 15) is 26.4 Å². The van der Waals surface area contributed by atoms with Gasteiger partial charge < -0.3 is 38.2 Å². The Labute approximate surface area is 555 Å². The minimum absolute atomic E-state index is 0.0345. The maximum absolute atomic E-state index is 13.5. The number of ether oxygens (including phenoxy) is 6. The van der Waals surface area contributed by atoms with Crippen LogP contribution in [0, 0.1) is 35.5 Å². The molecule has 8 aliphatic rings. The molecule has 2 spiro atoms. The number of aryl methyl sites for hydroxylation is 2. The number of carbonyl (C=O) groups excluding carboxylic acids is 2. The van der Waals surface area contributed by atoms with E-state index in [2.05, 4.69) is 67.8 Å². The van der Waals surface area contributed by atoms with Crippen LogP contribution < -0.4 is 28.7 Å². The lowest BCUT2D eigenvalue weighted by atomic mass is 9.68. The zero-order chi connectivity index (χ0) is 65.3. The first-order chi connectivity index (χ1) is 44.0. The minimum atomic E-state index is -3.92. The molecule has 0 saturated heterocycles. The number of nitrogens with zero attached hydrogens (tertiary/aromatic N) is 2. The van der Waals surface area contributed by atoms with Crippen LogP contribution in [0.25, 0.3) is 0 Å². The quantitative estimate of drug-likeness (QED) is 0.159. The van der Waals surface area contributed by atoms with Crippen LogP contribution >= 0.6 is 23.2 Å². The number of fused-ring (bicyclic) bond motifs is 8. The summed E-state index contributed by atoms with van der Waals surface area (Å²) < 4.78 is 95.3. The highest BCUT2D eigenvalue weighted by Crippen LogP contribution is 2.50. The summed E-state index contributed by atoms with van der Waals surface area (Å²) in [7, 11) is -4.46. The van der Waals surface area contributed by atoms with Crippen LogP contribution in [0.15, 0.2) is 97.1 Å². The Morgan fingerprint density at radius 2 is 1.00 bits per heavy atom. The topological polar surface area (TPSA) is 188 Å². The fourth-order valence-corrected chi connectivity index (χ4v) is 18.2. The summed E-state index contributed by atoms with van der Waals surface area (Å²) in [5.41, 5.74) is 6.83. The molecule has 92 heavy (non-hydrogen) atoms. The van der Waals surface area contributed by atoms with E-state index < -0.39 is 42.4 Å². The number of halogens is 2. The predicted molar refractivity (Wildman–Crippen MR) is 363 cm³/mol. The summed E-state index contributed by atoms with van der Waals surface area (Å²) in [4.78, 5) is 31.7. The van der Waals surface area contributed by atoms with Gasteiger partial charge in [0.1, 0.15) is 11.5 Å². The first-order valence-corrected chi connectivity index (χ1v) is 37.2. The van der Waals surface area contributed by atoms with Crippen LogP contribution in [0.2, 0.25) is 10.0 Å². The molecule has 2 amide bonds. The molecule has 4 aromatic carbocycles. The van der Waals surface area contributed by atoms with Crippen LogP contribution in [-0.4, -0.2) is 130 Å². The fraction of sp³-hybridized carbons (Fsp3) is 0.583. The van der Waals surface area contributed by atoms with Gasteiger partial charge in [0.2, 0.25) is 20.0 Å². The van der Waals surface area contributed by atoms with E-state index in [1.54, 1.807) is 40.2 Å². The molecule has 0 unspecified atom stereocenters. The number of hydrogen-bond donors (Lipinski definition) is 2. The van der Waals surface area contributed by atoms with E-state index in [0.717, 1.165) is 112 Å². The summed E-state index contributed by atoms with van der Waals surface area (Å²) in [5, 5.41) is -0.0447. The Morgan fingerprint density at radius 3 is 1.38 bits per heavy atom. The molecule has 4 aliphatic carbocycles. The monoisotopic (exact) mass is 1340 g/mol. The number of hydrogen-bond acceptors (Lipinski definition) is 14. The van der Waals surface area contributed by atoms with E-state index in [1.807, 2.05) is 64.1 Å². The second kappa shape index (κ2) is 28.6. The van der Waals surface area contributed by atoms with Gasteiger partial charge in [-0.1, -0.05) is 73.5 Å². The van der Waals surface area contributed by atoms with Crippen LogP contribution in [0.5, 0.6) is 11.5 Å². The third kappa shape index (κ3) is 14.8. The Balaban J connectivity index is 0.000000188. The molecule has 14 atom stereocenters. The molecule has 500 valence electrons. The molecule has 2 fully saturated rings. The average Bonchev–Trinajstić information content (AvgIpc) is 1.50. The molecule has 0 radical (unpaired) electrons. The Bertz CT molecular complexity index is 3390. The first kappa shape index (κ1) is 68.2. The number of rotatable bonds is 8. The van der Waals surface area contributed by atoms with Crippen molar-refractivity contribution in [1.82, 2.24) is 9.44 Å². The summed E-state index contributed by atoms with van der Waals surface area (Å²) in [5.74, 6) is 1.10. The molecule has 2 N–H and O–H groups in total. The number of methoxy groups -OCH3 is 2. The molecule has 12 rings (SSSR count). The molecule has 2 saturated carbocycles. The van der Waals surface area contributed by atoms with Crippen molar-refractivity contribution in [3.63, 3.8) is 0 Å². The number of sulfonamides is 2. The second-order valence-electron chi connectivity index (χ2n) is 27.9. The van der Waals surface area contributed by atoms with E-state index in [4.69, 9.17) is 51.6 Å². The van der Waals surface area contributed by atoms with Gasteiger partial charge in [-0.05, 0) is 223 Å². The van der Waals surface area contributed by atoms with Crippen molar-refractivity contribution in [1.29, 1.82) is 0 Å². The lowest BCUT2D eigenvalue weighted by molar-refractivity contribution is -0.0530. The van der Waals surface area contributed by atoms with E-state index in [0.29, 0.717) is 85.6 Å². The van der Waals surface area contributed by atoms with Crippen LogP contribution in [-0.2, 0) is 62.7 Å². The zero-order valence-corrected chi connectivity index (χ0v) is 57.8. The van der Waals surface area contributed by atoms with Gasteiger partial charge in [-0.25, -0.2) is 26.3 Å². The maximum Gasteiger partial charge on any atom is 0.264 e. The normalized spacial score (nSPS) is 32.2. The largest absolute Gasteiger partial charge is 0.490 e. The van der Waals surface area contributed by atoms with Gasteiger partial charge in [-0.2, -0.15) is 0 Å². The lowest BCUT2D eigenvalue weighted by Gasteiger charge is -2.46. The molecule has 20 heteroatoms. The number of benzene rings is 4.